The average Bonchev–Trinajstić information content (AvgIpc) is 2.94. The van der Waals surface area contributed by atoms with E-state index in [4.69, 9.17) is 10.1 Å². The van der Waals surface area contributed by atoms with Crippen LogP contribution in [0, 0.1) is 31.2 Å². The maximum absolute atomic E-state index is 13.0. The first-order chi connectivity index (χ1) is 21.7. The number of benzene rings is 3. The van der Waals surface area contributed by atoms with E-state index in [1.165, 1.54) is 77.9 Å². The number of carbonyl (C=O) groups is 1. The summed E-state index contributed by atoms with van der Waals surface area (Å²) in [6, 6.07) is 21.7. The van der Waals surface area contributed by atoms with E-state index in [-0.39, 0.29) is 37.2 Å². The van der Waals surface area contributed by atoms with Gasteiger partial charge < -0.3 is 5.11 Å². The minimum absolute atomic E-state index is 0. The van der Waals surface area contributed by atoms with Gasteiger partial charge in [-0.15, -0.1) is 29.1 Å². The third-order valence-electron chi connectivity index (χ3n) is 9.44. The summed E-state index contributed by atoms with van der Waals surface area (Å²) in [5, 5.41) is 13.0. The topological polar surface area (TPSA) is 50.2 Å². The molecule has 3 aromatic carbocycles. The van der Waals surface area contributed by atoms with Crippen LogP contribution in [-0.4, -0.2) is 21.5 Å². The fourth-order valence-corrected chi connectivity index (χ4v) is 6.73. The number of pyridine rings is 1. The van der Waals surface area contributed by atoms with Crippen molar-refractivity contribution < 1.29 is 34.4 Å². The molecule has 1 N–H and O–H groups in total. The normalized spacial score (nSPS) is 15.6. The predicted molar refractivity (Wildman–Crippen MR) is 197 cm³/mol. The second-order valence-corrected chi connectivity index (χ2v) is 16.5. The number of ketones is 1. The summed E-state index contributed by atoms with van der Waals surface area (Å²) in [5.74, 6) is 0.0804. The zero-order valence-corrected chi connectivity index (χ0v) is 33.3. The number of alkyl halides is 1. The van der Waals surface area contributed by atoms with Gasteiger partial charge in [0.1, 0.15) is 5.76 Å². The summed E-state index contributed by atoms with van der Waals surface area (Å²) in [4.78, 5) is 16.4. The molecule has 3 nitrogen and oxygen atoms in total. The number of allylic oxidation sites excluding steroid dienone is 2. The van der Waals surface area contributed by atoms with E-state index in [9.17, 15) is 9.18 Å². The van der Waals surface area contributed by atoms with Crippen molar-refractivity contribution in [2.75, 3.05) is 0 Å². The molecule has 0 amide bonds. The zero-order chi connectivity index (χ0) is 34.9. The fraction of sp³-hybridized carbons (Fsp3) is 0.488. The van der Waals surface area contributed by atoms with Gasteiger partial charge in [0, 0.05) is 43.7 Å². The number of carbonyl (C=O) groups excluding carboxylic acids is 1. The quantitative estimate of drug-likeness (QED) is 0.120. The number of nitrogens with zero attached hydrogens (tertiary/aromatic N) is 1. The van der Waals surface area contributed by atoms with Crippen molar-refractivity contribution in [1.29, 1.82) is 0 Å². The Bertz CT molecular complexity index is 1780. The third-order valence-corrected chi connectivity index (χ3v) is 9.44. The van der Waals surface area contributed by atoms with Crippen molar-refractivity contribution in [1.82, 2.24) is 4.98 Å². The summed E-state index contributed by atoms with van der Waals surface area (Å²) < 4.78 is 13.0. The average molecular weight is 829 g/mol. The maximum Gasteiger partial charge on any atom is 0.161 e. The number of aliphatic hydroxyl groups excluding tert-OH is 1. The molecular weight excluding hydrogens is 774 g/mol. The molecule has 0 aliphatic heterocycles. The number of hydrogen-bond acceptors (Lipinski definition) is 3. The first-order valence-corrected chi connectivity index (χ1v) is 17.3. The molecule has 1 heterocycles. The van der Waals surface area contributed by atoms with Crippen LogP contribution in [0.15, 0.2) is 60.4 Å². The zero-order valence-electron chi connectivity index (χ0n) is 30.9. The number of halogens is 1. The Balaban J connectivity index is 0.000000382. The molecule has 5 rings (SSSR count). The fourth-order valence-electron chi connectivity index (χ4n) is 6.73. The SMILES string of the molecule is CC(C)CC(=O)/C=C(\O)C(C)(C)F.Cc1cc(C)c2c(C3CCC(C)(C)CC3)cc(-c3[c-]c4ccccc4c(C(C)(C)C)c3)nc2c1.[Ir]. The molecule has 261 valence electrons. The van der Waals surface area contributed by atoms with Crippen LogP contribution in [0.5, 0.6) is 0 Å². The van der Waals surface area contributed by atoms with Crippen LogP contribution in [0.4, 0.5) is 4.39 Å². The van der Waals surface area contributed by atoms with Crippen LogP contribution in [0.25, 0.3) is 32.9 Å². The second kappa shape index (κ2) is 15.3. The van der Waals surface area contributed by atoms with Gasteiger partial charge in [0.05, 0.1) is 5.52 Å². The Morgan fingerprint density at radius 3 is 2.25 bits per heavy atom. The molecule has 5 heteroatoms. The number of rotatable bonds is 6. The van der Waals surface area contributed by atoms with Crippen LogP contribution in [0.1, 0.15) is 123 Å². The van der Waals surface area contributed by atoms with Gasteiger partial charge in [0.2, 0.25) is 0 Å². The molecule has 0 bridgehead atoms. The van der Waals surface area contributed by atoms with Gasteiger partial charge >= 0.3 is 0 Å². The van der Waals surface area contributed by atoms with Gasteiger partial charge in [-0.25, -0.2) is 4.39 Å². The Labute approximate surface area is 302 Å². The van der Waals surface area contributed by atoms with Crippen molar-refractivity contribution in [3.63, 3.8) is 0 Å². The van der Waals surface area contributed by atoms with E-state index >= 15 is 0 Å². The Morgan fingerprint density at radius 2 is 1.67 bits per heavy atom. The summed E-state index contributed by atoms with van der Waals surface area (Å²) in [7, 11) is 0. The molecule has 0 saturated heterocycles. The molecule has 1 saturated carbocycles. The van der Waals surface area contributed by atoms with E-state index in [0.29, 0.717) is 17.8 Å². The van der Waals surface area contributed by atoms with Gasteiger partial charge in [0.25, 0.3) is 0 Å². The summed E-state index contributed by atoms with van der Waals surface area (Å²) in [6.07, 6.45) is 6.40. The monoisotopic (exact) mass is 829 g/mol. The van der Waals surface area contributed by atoms with Gasteiger partial charge in [-0.2, -0.15) is 0 Å². The number of aromatic nitrogens is 1. The molecule has 0 atom stereocenters. The van der Waals surface area contributed by atoms with Crippen LogP contribution in [-0.2, 0) is 30.3 Å². The first-order valence-electron chi connectivity index (χ1n) is 17.3. The van der Waals surface area contributed by atoms with Crippen molar-refractivity contribution in [2.45, 2.75) is 125 Å². The Morgan fingerprint density at radius 1 is 1.04 bits per heavy atom. The minimum Gasteiger partial charge on any atom is -0.509 e. The first kappa shape index (κ1) is 39.6. The molecule has 48 heavy (non-hydrogen) atoms. The molecule has 1 fully saturated rings. The smallest absolute Gasteiger partial charge is 0.161 e. The molecule has 1 aliphatic rings. The van der Waals surface area contributed by atoms with Gasteiger partial charge in [-0.1, -0.05) is 89.7 Å². The molecule has 0 spiro atoms. The molecule has 4 aromatic rings. The van der Waals surface area contributed by atoms with E-state index in [1.807, 2.05) is 13.8 Å². The predicted octanol–water partition coefficient (Wildman–Crippen LogP) is 12.2. The van der Waals surface area contributed by atoms with Crippen LogP contribution in [0.2, 0.25) is 0 Å². The summed E-state index contributed by atoms with van der Waals surface area (Å²) >= 11 is 0. The summed E-state index contributed by atoms with van der Waals surface area (Å²) in [6.45, 7) is 22.4. The number of fused-ring (bicyclic) bond motifs is 2. The maximum atomic E-state index is 13.0. The molecular formula is C43H55FIrNO2-. The molecule has 1 aliphatic carbocycles. The van der Waals surface area contributed by atoms with Crippen LogP contribution >= 0.6 is 0 Å². The van der Waals surface area contributed by atoms with E-state index in [0.717, 1.165) is 22.9 Å². The standard InChI is InChI=1S/C33H38N.C10H17FO2.Ir/c1-21-16-22(2)31-27(23-12-14-33(6,7)15-13-23)20-29(34-30(31)17-21)25-18-24-10-8-9-11-26(24)28(19-25)32(3,4)5;1-7(2)5-8(12)6-9(13)10(3,4)11;/h8-11,16-17,19-20,23H,12-15H2,1-7H3;6-7,13H,5H2,1-4H3;/q-1;;/b;9-6-;. The number of aryl methyl sites for hydroxylation is 2. The van der Waals surface area contributed by atoms with E-state index < -0.39 is 11.4 Å². The van der Waals surface area contributed by atoms with E-state index in [2.05, 4.69) is 103 Å². The third kappa shape index (κ3) is 9.85. The van der Waals surface area contributed by atoms with Gasteiger partial charge in [0.15, 0.2) is 11.5 Å². The second-order valence-electron chi connectivity index (χ2n) is 16.5. The van der Waals surface area contributed by atoms with Crippen LogP contribution < -0.4 is 0 Å². The van der Waals surface area contributed by atoms with Crippen molar-refractivity contribution in [3.05, 3.63) is 88.7 Å². The largest absolute Gasteiger partial charge is 0.509 e. The summed E-state index contributed by atoms with van der Waals surface area (Å²) in [5.41, 5.74) is 7.48. The van der Waals surface area contributed by atoms with Gasteiger partial charge in [-0.05, 0) is 98.8 Å². The van der Waals surface area contributed by atoms with E-state index in [1.54, 1.807) is 0 Å². The molecule has 0 unspecified atom stereocenters. The van der Waals surface area contributed by atoms with Gasteiger partial charge in [-0.3, -0.25) is 9.78 Å². The number of aliphatic hydroxyl groups is 1. The molecule has 1 radical (unpaired) electrons. The number of hydrogen-bond donors (Lipinski definition) is 1. The Hall–Kier alpha value is -2.88. The van der Waals surface area contributed by atoms with Crippen molar-refractivity contribution in [3.8, 4) is 11.3 Å². The Kier molecular flexibility index (Phi) is 12.6. The van der Waals surface area contributed by atoms with Crippen LogP contribution in [0.3, 0.4) is 0 Å². The molecule has 1 aromatic heterocycles. The van der Waals surface area contributed by atoms with Crippen molar-refractivity contribution >= 4 is 27.5 Å². The van der Waals surface area contributed by atoms with Crippen molar-refractivity contribution in [2.24, 2.45) is 11.3 Å². The minimum atomic E-state index is -1.83.